The fourth-order valence-electron chi connectivity index (χ4n) is 2.69. The van der Waals surface area contributed by atoms with Crippen LogP contribution in [0.4, 0.5) is 5.69 Å². The second-order valence-electron chi connectivity index (χ2n) is 6.83. The van der Waals surface area contributed by atoms with Gasteiger partial charge in [-0.3, -0.25) is 14.5 Å². The number of benzene rings is 1. The molecule has 0 aliphatic rings. The summed E-state index contributed by atoms with van der Waals surface area (Å²) in [7, 11) is 0. The van der Waals surface area contributed by atoms with Crippen LogP contribution in [-0.2, 0) is 10.3 Å². The molecule has 0 unspecified atom stereocenters. The predicted octanol–water partition coefficient (Wildman–Crippen LogP) is 4.05. The lowest BCUT2D eigenvalue weighted by Gasteiger charge is -2.24. The van der Waals surface area contributed by atoms with Crippen molar-refractivity contribution in [3.8, 4) is 11.3 Å². The maximum Gasteiger partial charge on any atom is 0.251 e. The number of thioether (sulfide) groups is 1. The highest BCUT2D eigenvalue weighted by Gasteiger charge is 2.31. The van der Waals surface area contributed by atoms with Gasteiger partial charge in [-0.15, -0.1) is 11.8 Å². The number of carbonyl (C=O) groups excluding carboxylic acids is 1. The van der Waals surface area contributed by atoms with Crippen molar-refractivity contribution in [3.63, 3.8) is 0 Å². The van der Waals surface area contributed by atoms with Crippen LogP contribution in [-0.4, -0.2) is 31.9 Å². The molecule has 0 fully saturated rings. The largest absolute Gasteiger partial charge is 0.323 e. The zero-order valence-corrected chi connectivity index (χ0v) is 17.0. The van der Waals surface area contributed by atoms with Crippen LogP contribution in [0.15, 0.2) is 47.8 Å². The highest BCUT2D eigenvalue weighted by Crippen LogP contribution is 2.28. The van der Waals surface area contributed by atoms with Crippen molar-refractivity contribution in [2.24, 2.45) is 0 Å². The van der Waals surface area contributed by atoms with Crippen molar-refractivity contribution >= 4 is 23.4 Å². The molecule has 7 heteroatoms. The minimum Gasteiger partial charge on any atom is -0.323 e. The minimum absolute atomic E-state index is 0.134. The molecule has 1 amide bonds. The Kier molecular flexibility index (Phi) is 5.32. The number of para-hydroxylation sites is 1. The number of aromatic nitrogens is 4. The Balaban J connectivity index is 1.88. The van der Waals surface area contributed by atoms with Gasteiger partial charge in [-0.2, -0.15) is 5.10 Å². The lowest BCUT2D eigenvalue weighted by Crippen LogP contribution is -2.40. The van der Waals surface area contributed by atoms with Crippen LogP contribution in [0.5, 0.6) is 0 Å². The maximum atomic E-state index is 13.0. The number of aryl methyl sites for hydroxylation is 2. The molecule has 6 nitrogen and oxygen atoms in total. The topological polar surface area (TPSA) is 72.7 Å². The van der Waals surface area contributed by atoms with Crippen molar-refractivity contribution in [2.45, 2.75) is 38.1 Å². The monoisotopic (exact) mass is 381 g/mol. The zero-order valence-electron chi connectivity index (χ0n) is 16.1. The number of amides is 1. The van der Waals surface area contributed by atoms with Crippen LogP contribution in [0, 0.1) is 13.8 Å². The lowest BCUT2D eigenvalue weighted by atomic mass is 10.0. The molecule has 0 spiro atoms. The third kappa shape index (κ3) is 3.88. The second kappa shape index (κ2) is 7.52. The van der Waals surface area contributed by atoms with E-state index in [0.29, 0.717) is 0 Å². The first-order chi connectivity index (χ1) is 12.8. The summed E-state index contributed by atoms with van der Waals surface area (Å²) in [6, 6.07) is 7.75. The Morgan fingerprint density at radius 3 is 2.67 bits per heavy atom. The highest BCUT2D eigenvalue weighted by molar-refractivity contribution is 7.98. The Hall–Kier alpha value is -2.67. The number of nitrogens with one attached hydrogen (secondary N) is 1. The van der Waals surface area contributed by atoms with Gasteiger partial charge in [0, 0.05) is 22.9 Å². The van der Waals surface area contributed by atoms with E-state index >= 15 is 0 Å². The van der Waals surface area contributed by atoms with Crippen molar-refractivity contribution in [2.75, 3.05) is 11.6 Å². The summed E-state index contributed by atoms with van der Waals surface area (Å²) in [5.74, 6) is -0.134. The van der Waals surface area contributed by atoms with E-state index in [1.54, 1.807) is 28.8 Å². The first-order valence-corrected chi connectivity index (χ1v) is 9.85. The molecule has 27 heavy (non-hydrogen) atoms. The standard InChI is InChI=1S/C20H23N5OS/c1-13-10-21-14(2)18(23-13)15-11-22-25(12-15)20(3,4)19(26)24-16-8-6-7-9-17(16)27-5/h6-12H,1-5H3,(H,24,26). The van der Waals surface area contributed by atoms with E-state index in [2.05, 4.69) is 20.4 Å². The molecule has 0 radical (unpaired) electrons. The first-order valence-electron chi connectivity index (χ1n) is 8.63. The predicted molar refractivity (Wildman–Crippen MR) is 109 cm³/mol. The van der Waals surface area contributed by atoms with E-state index in [-0.39, 0.29) is 5.91 Å². The van der Waals surface area contributed by atoms with Gasteiger partial charge >= 0.3 is 0 Å². The third-order valence-electron chi connectivity index (χ3n) is 4.42. The molecule has 140 valence electrons. The van der Waals surface area contributed by atoms with Gasteiger partial charge in [0.25, 0.3) is 5.91 Å². The van der Waals surface area contributed by atoms with Crippen molar-refractivity contribution in [1.29, 1.82) is 0 Å². The molecule has 0 saturated carbocycles. The quantitative estimate of drug-likeness (QED) is 0.675. The Bertz CT molecular complexity index is 980. The SMILES string of the molecule is CSc1ccccc1NC(=O)C(C)(C)n1cc(-c2nc(C)cnc2C)cn1. The van der Waals surface area contributed by atoms with Crippen molar-refractivity contribution in [1.82, 2.24) is 19.7 Å². The van der Waals surface area contributed by atoms with E-state index < -0.39 is 5.54 Å². The van der Waals surface area contributed by atoms with Gasteiger partial charge in [0.15, 0.2) is 0 Å². The molecule has 0 saturated heterocycles. The molecule has 1 aromatic carbocycles. The number of anilines is 1. The summed E-state index contributed by atoms with van der Waals surface area (Å²) >= 11 is 1.60. The maximum absolute atomic E-state index is 13.0. The van der Waals surface area contributed by atoms with Crippen molar-refractivity contribution < 1.29 is 4.79 Å². The Morgan fingerprint density at radius 2 is 1.93 bits per heavy atom. The van der Waals surface area contributed by atoms with E-state index in [0.717, 1.165) is 33.2 Å². The summed E-state index contributed by atoms with van der Waals surface area (Å²) in [4.78, 5) is 22.9. The Morgan fingerprint density at radius 1 is 1.19 bits per heavy atom. The Labute approximate surface area is 163 Å². The van der Waals surface area contributed by atoms with Crippen LogP contribution < -0.4 is 5.32 Å². The molecule has 2 heterocycles. The van der Waals surface area contributed by atoms with Crippen LogP contribution in [0.2, 0.25) is 0 Å². The molecular weight excluding hydrogens is 358 g/mol. The molecular formula is C20H23N5OS. The highest BCUT2D eigenvalue weighted by atomic mass is 32.2. The molecule has 2 aromatic heterocycles. The van der Waals surface area contributed by atoms with Crippen LogP contribution in [0.3, 0.4) is 0 Å². The average molecular weight is 382 g/mol. The normalized spacial score (nSPS) is 11.4. The van der Waals surface area contributed by atoms with Gasteiger partial charge in [-0.05, 0) is 46.1 Å². The molecule has 1 N–H and O–H groups in total. The van der Waals surface area contributed by atoms with Gasteiger partial charge in [0.1, 0.15) is 5.54 Å². The van der Waals surface area contributed by atoms with Crippen LogP contribution >= 0.6 is 11.8 Å². The molecule has 0 aliphatic carbocycles. The van der Waals surface area contributed by atoms with Gasteiger partial charge in [-0.25, -0.2) is 4.98 Å². The fraction of sp³-hybridized carbons (Fsp3) is 0.300. The van der Waals surface area contributed by atoms with E-state index in [4.69, 9.17) is 0 Å². The van der Waals surface area contributed by atoms with E-state index in [9.17, 15) is 4.79 Å². The summed E-state index contributed by atoms with van der Waals surface area (Å²) in [5, 5.41) is 7.44. The van der Waals surface area contributed by atoms with Gasteiger partial charge in [0.2, 0.25) is 0 Å². The summed E-state index contributed by atoms with van der Waals surface area (Å²) in [5.41, 5.74) is 3.23. The zero-order chi connectivity index (χ0) is 19.6. The van der Waals surface area contributed by atoms with Gasteiger partial charge in [-0.1, -0.05) is 12.1 Å². The van der Waals surface area contributed by atoms with E-state index in [1.165, 1.54) is 0 Å². The third-order valence-corrected chi connectivity index (χ3v) is 5.21. The summed E-state index contributed by atoms with van der Waals surface area (Å²) in [6.07, 6.45) is 7.29. The van der Waals surface area contributed by atoms with Gasteiger partial charge < -0.3 is 5.32 Å². The van der Waals surface area contributed by atoms with E-state index in [1.807, 2.05) is 64.4 Å². The van der Waals surface area contributed by atoms with Crippen LogP contribution in [0.25, 0.3) is 11.3 Å². The van der Waals surface area contributed by atoms with Gasteiger partial charge in [0.05, 0.1) is 29.0 Å². The molecule has 0 aliphatic heterocycles. The molecule has 0 atom stereocenters. The first kappa shape index (κ1) is 19.1. The summed E-state index contributed by atoms with van der Waals surface area (Å²) in [6.45, 7) is 7.50. The fourth-order valence-corrected chi connectivity index (χ4v) is 3.24. The molecule has 3 rings (SSSR count). The molecule has 0 bridgehead atoms. The second-order valence-corrected chi connectivity index (χ2v) is 7.68. The number of hydrogen-bond acceptors (Lipinski definition) is 5. The number of hydrogen-bond donors (Lipinski definition) is 1. The average Bonchev–Trinajstić information content (AvgIpc) is 3.15. The van der Waals surface area contributed by atoms with Crippen LogP contribution in [0.1, 0.15) is 25.2 Å². The number of carbonyl (C=O) groups is 1. The summed E-state index contributed by atoms with van der Waals surface area (Å²) < 4.78 is 1.67. The number of rotatable bonds is 5. The van der Waals surface area contributed by atoms with Crippen molar-refractivity contribution in [3.05, 3.63) is 54.2 Å². The minimum atomic E-state index is -0.866. The smallest absolute Gasteiger partial charge is 0.251 e. The lowest BCUT2D eigenvalue weighted by molar-refractivity contribution is -0.123. The molecule has 3 aromatic rings. The number of nitrogens with zero attached hydrogens (tertiary/aromatic N) is 4.